The number of anilines is 2. The van der Waals surface area contributed by atoms with Crippen molar-refractivity contribution in [1.29, 1.82) is 0 Å². The average molecular weight is 698 g/mol. The van der Waals surface area contributed by atoms with Crippen molar-refractivity contribution in [3.63, 3.8) is 0 Å². The minimum atomic E-state index is -2.03. The number of aromatic hydroxyl groups is 1. The van der Waals surface area contributed by atoms with Crippen molar-refractivity contribution in [3.05, 3.63) is 99.8 Å². The number of allylic oxidation sites excluding steroid dienone is 2. The van der Waals surface area contributed by atoms with Gasteiger partial charge in [0, 0.05) is 10.4 Å². The summed E-state index contributed by atoms with van der Waals surface area (Å²) in [5, 5.41) is 10.3. The van der Waals surface area contributed by atoms with Crippen molar-refractivity contribution < 1.29 is 28.7 Å². The molecule has 7 nitrogen and oxygen atoms in total. The second-order valence-electron chi connectivity index (χ2n) is 11.8. The number of fused-ring (bicyclic) bond motifs is 4. The van der Waals surface area contributed by atoms with Gasteiger partial charge in [0.2, 0.25) is 11.8 Å². The molecule has 3 aromatic rings. The molecule has 4 amide bonds. The lowest BCUT2D eigenvalue weighted by atomic mass is 9.56. The number of imide groups is 2. The number of carbonyl (C=O) groups excluding carboxylic acids is 4. The first kappa shape index (κ1) is 29.2. The fourth-order valence-electron chi connectivity index (χ4n) is 7.48. The van der Waals surface area contributed by atoms with Crippen LogP contribution < -0.4 is 9.80 Å². The summed E-state index contributed by atoms with van der Waals surface area (Å²) in [6.07, 6.45) is 1.91. The van der Waals surface area contributed by atoms with E-state index in [1.54, 1.807) is 43.3 Å². The van der Waals surface area contributed by atoms with E-state index in [0.717, 1.165) is 21.5 Å². The van der Waals surface area contributed by atoms with Crippen LogP contribution in [0.15, 0.2) is 82.9 Å². The van der Waals surface area contributed by atoms with Crippen molar-refractivity contribution in [2.45, 2.75) is 35.4 Å². The van der Waals surface area contributed by atoms with Crippen LogP contribution in [0.2, 0.25) is 0 Å². The number of benzene rings is 3. The molecule has 0 radical (unpaired) electrons. The van der Waals surface area contributed by atoms with Crippen LogP contribution >= 0.6 is 39.1 Å². The summed E-state index contributed by atoms with van der Waals surface area (Å²) in [4.78, 5) is 54.5. The normalized spacial score (nSPS) is 31.2. The molecular formula is C33H24BrCl2FN2O5. The van der Waals surface area contributed by atoms with Crippen LogP contribution in [0, 0.1) is 30.5 Å². The number of hydrogen-bond acceptors (Lipinski definition) is 5. The molecule has 0 bridgehead atoms. The summed E-state index contributed by atoms with van der Waals surface area (Å²) in [6, 6.07) is 16.5. The van der Waals surface area contributed by atoms with Gasteiger partial charge in [0.15, 0.2) is 9.75 Å². The van der Waals surface area contributed by atoms with E-state index in [-0.39, 0.29) is 30.2 Å². The lowest BCUT2D eigenvalue weighted by Crippen LogP contribution is -2.60. The van der Waals surface area contributed by atoms with Gasteiger partial charge in [-0.15, -0.1) is 23.2 Å². The summed E-state index contributed by atoms with van der Waals surface area (Å²) in [7, 11) is 0. The van der Waals surface area contributed by atoms with Gasteiger partial charge in [0.25, 0.3) is 11.8 Å². The van der Waals surface area contributed by atoms with Gasteiger partial charge in [-0.05, 0) is 91.4 Å². The van der Waals surface area contributed by atoms with E-state index in [4.69, 9.17) is 23.2 Å². The smallest absolute Gasteiger partial charge is 0.258 e. The zero-order chi connectivity index (χ0) is 31.3. The Bertz CT molecular complexity index is 1820. The van der Waals surface area contributed by atoms with Gasteiger partial charge in [-0.1, -0.05) is 39.7 Å². The molecule has 2 aliphatic heterocycles. The molecule has 11 heteroatoms. The van der Waals surface area contributed by atoms with Gasteiger partial charge in [-0.2, -0.15) is 0 Å². The molecule has 1 N–H and O–H groups in total. The Labute approximate surface area is 270 Å². The van der Waals surface area contributed by atoms with Crippen LogP contribution in [-0.2, 0) is 19.2 Å². The zero-order valence-electron chi connectivity index (χ0n) is 23.1. The minimum absolute atomic E-state index is 0.0306. The molecule has 2 heterocycles. The number of aryl methyl sites for hydroxylation is 1. The average Bonchev–Trinajstić information content (AvgIpc) is 3.33. The number of nitrogens with zero attached hydrogens (tertiary/aromatic N) is 2. The molecule has 44 heavy (non-hydrogen) atoms. The third-order valence-corrected chi connectivity index (χ3v) is 11.5. The quantitative estimate of drug-likeness (QED) is 0.195. The SMILES string of the molecule is Cc1cc(C2C3=CCC4C(=O)N(c5ccc(Br)cc5)C(=O)C4C3CC3(Cl)C(=O)N(c4ccc(F)cc4)C(=O)C23Cl)ccc1O. The van der Waals surface area contributed by atoms with Crippen LogP contribution in [0.1, 0.15) is 29.9 Å². The molecule has 2 saturated heterocycles. The van der Waals surface area contributed by atoms with Crippen LogP contribution in [0.3, 0.4) is 0 Å². The highest BCUT2D eigenvalue weighted by Gasteiger charge is 2.76. The summed E-state index contributed by atoms with van der Waals surface area (Å²) >= 11 is 18.1. The second-order valence-corrected chi connectivity index (χ2v) is 13.9. The van der Waals surface area contributed by atoms with E-state index in [9.17, 15) is 28.7 Å². The number of hydrogen-bond donors (Lipinski definition) is 1. The maximum atomic E-state index is 14.4. The lowest BCUT2D eigenvalue weighted by Gasteiger charge is -2.50. The third-order valence-electron chi connectivity index (χ3n) is 9.53. The van der Waals surface area contributed by atoms with Gasteiger partial charge in [-0.25, -0.2) is 9.29 Å². The van der Waals surface area contributed by atoms with Gasteiger partial charge < -0.3 is 5.11 Å². The Morgan fingerprint density at radius 3 is 2.16 bits per heavy atom. The van der Waals surface area contributed by atoms with Gasteiger partial charge in [0.05, 0.1) is 23.2 Å². The molecule has 3 fully saturated rings. The van der Waals surface area contributed by atoms with Gasteiger partial charge in [-0.3, -0.25) is 24.1 Å². The van der Waals surface area contributed by atoms with Crippen molar-refractivity contribution in [2.24, 2.45) is 17.8 Å². The molecule has 0 spiro atoms. The van der Waals surface area contributed by atoms with Crippen molar-refractivity contribution >= 4 is 74.1 Å². The molecule has 0 aromatic heterocycles. The maximum Gasteiger partial charge on any atom is 0.258 e. The van der Waals surface area contributed by atoms with Gasteiger partial charge >= 0.3 is 0 Å². The fourth-order valence-corrected chi connectivity index (χ4v) is 8.67. The Kier molecular flexibility index (Phi) is 6.63. The topological polar surface area (TPSA) is 95.0 Å². The van der Waals surface area contributed by atoms with Gasteiger partial charge in [0.1, 0.15) is 11.6 Å². The molecule has 224 valence electrons. The standard InChI is InChI=1S/C33H24BrCl2FN2O5/c1-16-14-17(2-13-25(16)40)27-22-11-12-23-26(29(42)38(28(23)41)20-7-3-18(34)4-8-20)24(22)15-32(35)30(43)39(31(44)33(27,32)36)21-9-5-19(37)6-10-21/h2-11,13-14,23-24,26-27,40H,12,15H2,1H3. The summed E-state index contributed by atoms with van der Waals surface area (Å²) in [5.74, 6) is -6.03. The van der Waals surface area contributed by atoms with Crippen LogP contribution in [0.5, 0.6) is 5.75 Å². The first-order valence-electron chi connectivity index (χ1n) is 14.0. The number of alkyl halides is 2. The Morgan fingerprint density at radius 1 is 0.864 bits per heavy atom. The minimum Gasteiger partial charge on any atom is -0.508 e. The predicted molar refractivity (Wildman–Crippen MR) is 166 cm³/mol. The Morgan fingerprint density at radius 2 is 1.50 bits per heavy atom. The van der Waals surface area contributed by atoms with Crippen molar-refractivity contribution in [2.75, 3.05) is 9.80 Å². The summed E-state index contributed by atoms with van der Waals surface area (Å²) in [6.45, 7) is 1.70. The molecule has 4 aliphatic rings. The summed E-state index contributed by atoms with van der Waals surface area (Å²) < 4.78 is 14.6. The zero-order valence-corrected chi connectivity index (χ0v) is 26.2. The van der Waals surface area contributed by atoms with E-state index in [1.807, 2.05) is 6.08 Å². The first-order chi connectivity index (χ1) is 20.9. The number of halogens is 4. The number of amides is 4. The van der Waals surface area contributed by atoms with Crippen LogP contribution in [0.25, 0.3) is 0 Å². The highest BCUT2D eigenvalue weighted by atomic mass is 79.9. The summed E-state index contributed by atoms with van der Waals surface area (Å²) in [5.41, 5.74) is 2.23. The van der Waals surface area contributed by atoms with Crippen molar-refractivity contribution in [3.8, 4) is 5.75 Å². The molecule has 6 atom stereocenters. The number of phenolic OH excluding ortho intramolecular Hbond substituents is 1. The lowest BCUT2D eigenvalue weighted by molar-refractivity contribution is -0.125. The highest BCUT2D eigenvalue weighted by molar-refractivity contribution is 9.10. The van der Waals surface area contributed by atoms with E-state index >= 15 is 0 Å². The highest BCUT2D eigenvalue weighted by Crippen LogP contribution is 2.66. The van der Waals surface area contributed by atoms with E-state index in [1.165, 1.54) is 23.1 Å². The van der Waals surface area contributed by atoms with E-state index in [2.05, 4.69) is 15.9 Å². The Hall–Kier alpha value is -3.53. The van der Waals surface area contributed by atoms with Crippen LogP contribution in [-0.4, -0.2) is 38.5 Å². The molecule has 3 aromatic carbocycles. The fraction of sp³-hybridized carbons (Fsp3) is 0.273. The monoisotopic (exact) mass is 696 g/mol. The van der Waals surface area contributed by atoms with Crippen LogP contribution in [0.4, 0.5) is 15.8 Å². The second kappa shape index (κ2) is 9.99. The molecule has 1 saturated carbocycles. The van der Waals surface area contributed by atoms with E-state index < -0.39 is 57.0 Å². The number of rotatable bonds is 3. The molecule has 2 aliphatic carbocycles. The maximum absolute atomic E-state index is 14.4. The predicted octanol–water partition coefficient (Wildman–Crippen LogP) is 6.37. The number of phenols is 1. The number of carbonyl (C=O) groups is 4. The third kappa shape index (κ3) is 3.85. The molecule has 6 unspecified atom stereocenters. The van der Waals surface area contributed by atoms with Crippen molar-refractivity contribution in [1.82, 2.24) is 0 Å². The van der Waals surface area contributed by atoms with E-state index in [0.29, 0.717) is 22.4 Å². The first-order valence-corrected chi connectivity index (χ1v) is 15.6. The Balaban J connectivity index is 1.40. The molecule has 7 rings (SSSR count). The molecular weight excluding hydrogens is 674 g/mol. The largest absolute Gasteiger partial charge is 0.508 e.